The molecule has 6 rings (SSSR count). The average molecular weight is 534 g/mol. The third-order valence-electron chi connectivity index (χ3n) is 8.63. The number of nitrogens with zero attached hydrogens (tertiary/aromatic N) is 1. The van der Waals surface area contributed by atoms with Gasteiger partial charge in [0.05, 0.1) is 24.5 Å². The van der Waals surface area contributed by atoms with Crippen molar-refractivity contribution in [1.82, 2.24) is 10.2 Å². The first kappa shape index (κ1) is 25.3. The van der Waals surface area contributed by atoms with Gasteiger partial charge in [-0.3, -0.25) is 14.4 Å². The van der Waals surface area contributed by atoms with Crippen LogP contribution in [0.3, 0.4) is 0 Å². The van der Waals surface area contributed by atoms with Crippen LogP contribution in [0.5, 0.6) is 0 Å². The van der Waals surface area contributed by atoms with E-state index in [0.29, 0.717) is 18.2 Å². The number of fused-ring (bicyclic) bond motifs is 1. The van der Waals surface area contributed by atoms with E-state index in [-0.39, 0.29) is 23.8 Å². The topological polar surface area (TPSA) is 87.7 Å². The fourth-order valence-corrected chi connectivity index (χ4v) is 7.41. The van der Waals surface area contributed by atoms with Crippen molar-refractivity contribution in [2.45, 2.75) is 82.2 Å². The molecule has 1 spiro atoms. The van der Waals surface area contributed by atoms with Crippen LogP contribution in [-0.4, -0.2) is 46.4 Å². The Kier molecular flexibility index (Phi) is 6.64. The number of hydrogen-bond donors (Lipinski definition) is 2. The lowest BCUT2D eigenvalue weighted by molar-refractivity contribution is -0.142. The van der Waals surface area contributed by atoms with Crippen LogP contribution in [0, 0.1) is 11.8 Å². The van der Waals surface area contributed by atoms with Crippen molar-refractivity contribution in [3.05, 3.63) is 64.4 Å². The largest absolute Gasteiger partial charge is 0.359 e. The number of rotatable bonds is 7. The van der Waals surface area contributed by atoms with E-state index >= 15 is 0 Å². The number of carbonyl (C=O) groups excluding carboxylic acids is 3. The summed E-state index contributed by atoms with van der Waals surface area (Å²) in [7, 11) is 0. The van der Waals surface area contributed by atoms with Gasteiger partial charge in [-0.15, -0.1) is 11.3 Å². The minimum absolute atomic E-state index is 0.112. The summed E-state index contributed by atoms with van der Waals surface area (Å²) in [4.78, 5) is 44.2. The smallest absolute Gasteiger partial charge is 0.246 e. The van der Waals surface area contributed by atoms with Crippen molar-refractivity contribution in [3.8, 4) is 0 Å². The Morgan fingerprint density at radius 1 is 1.11 bits per heavy atom. The molecule has 5 atom stereocenters. The van der Waals surface area contributed by atoms with E-state index in [9.17, 15) is 14.4 Å². The van der Waals surface area contributed by atoms with Crippen molar-refractivity contribution in [1.29, 1.82) is 0 Å². The summed E-state index contributed by atoms with van der Waals surface area (Å²) in [6.45, 7) is 4.57. The molecule has 8 heteroatoms. The molecule has 1 saturated carbocycles. The highest BCUT2D eigenvalue weighted by Gasteiger charge is 2.72. The van der Waals surface area contributed by atoms with E-state index in [0.717, 1.165) is 30.6 Å². The highest BCUT2D eigenvalue weighted by molar-refractivity contribution is 7.09. The van der Waals surface area contributed by atoms with E-state index in [1.54, 1.807) is 16.2 Å². The Hall–Kier alpha value is -2.97. The van der Waals surface area contributed by atoms with Crippen LogP contribution in [-0.2, 0) is 25.7 Å². The molecule has 3 amide bonds. The second-order valence-electron chi connectivity index (χ2n) is 11.4. The molecule has 3 fully saturated rings. The van der Waals surface area contributed by atoms with Crippen LogP contribution in [0.4, 0.5) is 5.69 Å². The maximum atomic E-state index is 14.0. The first-order valence-electron chi connectivity index (χ1n) is 13.8. The fraction of sp³-hybridized carbons (Fsp3) is 0.500. The zero-order chi connectivity index (χ0) is 26.4. The monoisotopic (exact) mass is 533 g/mol. The van der Waals surface area contributed by atoms with Crippen LogP contribution in [0.1, 0.15) is 62.3 Å². The molecule has 3 unspecified atom stereocenters. The number of nitrogens with one attached hydrogen (secondary N) is 2. The molecule has 2 saturated heterocycles. The van der Waals surface area contributed by atoms with Gasteiger partial charge in [0, 0.05) is 16.6 Å². The zero-order valence-corrected chi connectivity index (χ0v) is 22.7. The number of anilines is 1. The average Bonchev–Trinajstić information content (AvgIpc) is 3.68. The lowest BCUT2D eigenvalue weighted by Crippen LogP contribution is -2.56. The van der Waals surface area contributed by atoms with Crippen molar-refractivity contribution >= 4 is 34.7 Å². The lowest BCUT2D eigenvalue weighted by Gasteiger charge is -2.34. The standard InChI is InChI=1S/C30H35N3O4S/c1-18(2)19-10-12-21(13-11-19)31-27(34)24-23-14-15-30(37-23)25(24)29(36)33(17-22-9-6-16-38-22)26(30)28(35)32-20-7-4-3-5-8-20/h6,9-16,18,20,23-26H,3-5,7-8,17H2,1-2H3,(H,31,34)(H,32,35)/t23-,24?,25-,26?,30?/m1/s1. The third-order valence-corrected chi connectivity index (χ3v) is 9.49. The van der Waals surface area contributed by atoms with Gasteiger partial charge in [0.15, 0.2) is 0 Å². The SMILES string of the molecule is CC(C)c1ccc(NC(=O)C2[C@H]3C=CC4(O3)C(C(=O)NC3CCCCC3)N(Cc3cccs3)C(=O)[C@@H]24)cc1. The number of thiophene rings is 1. The molecular weight excluding hydrogens is 498 g/mol. The summed E-state index contributed by atoms with van der Waals surface area (Å²) in [5.41, 5.74) is 0.740. The number of hydrogen-bond acceptors (Lipinski definition) is 5. The van der Waals surface area contributed by atoms with E-state index in [1.807, 2.05) is 53.9 Å². The van der Waals surface area contributed by atoms with Gasteiger partial charge in [0.2, 0.25) is 17.7 Å². The molecule has 2 N–H and O–H groups in total. The Balaban J connectivity index is 1.28. The molecule has 0 radical (unpaired) electrons. The van der Waals surface area contributed by atoms with Gasteiger partial charge in [-0.25, -0.2) is 0 Å². The quantitative estimate of drug-likeness (QED) is 0.509. The summed E-state index contributed by atoms with van der Waals surface area (Å²) in [5.74, 6) is -1.67. The molecule has 200 valence electrons. The first-order valence-corrected chi connectivity index (χ1v) is 14.7. The van der Waals surface area contributed by atoms with E-state index in [4.69, 9.17) is 4.74 Å². The summed E-state index contributed by atoms with van der Waals surface area (Å²) in [6, 6.07) is 11.0. The number of carbonyl (C=O) groups is 3. The maximum Gasteiger partial charge on any atom is 0.246 e. The van der Waals surface area contributed by atoms with Crippen molar-refractivity contribution < 1.29 is 19.1 Å². The zero-order valence-electron chi connectivity index (χ0n) is 21.9. The number of amides is 3. The van der Waals surface area contributed by atoms with Gasteiger partial charge in [-0.1, -0.05) is 63.5 Å². The third kappa shape index (κ3) is 4.28. The first-order chi connectivity index (χ1) is 18.4. The highest BCUT2D eigenvalue weighted by atomic mass is 32.1. The summed E-state index contributed by atoms with van der Waals surface area (Å²) in [5, 5.41) is 8.22. The minimum atomic E-state index is -1.14. The number of ether oxygens (including phenoxy) is 1. The summed E-state index contributed by atoms with van der Waals surface area (Å²) in [6.07, 6.45) is 8.50. The van der Waals surface area contributed by atoms with Gasteiger partial charge < -0.3 is 20.3 Å². The van der Waals surface area contributed by atoms with Crippen LogP contribution >= 0.6 is 11.3 Å². The van der Waals surface area contributed by atoms with E-state index in [1.165, 1.54) is 12.0 Å². The molecule has 4 aliphatic rings. The maximum absolute atomic E-state index is 14.0. The lowest BCUT2D eigenvalue weighted by atomic mass is 9.74. The molecule has 1 aliphatic carbocycles. The van der Waals surface area contributed by atoms with Crippen LogP contribution in [0.2, 0.25) is 0 Å². The van der Waals surface area contributed by atoms with Crippen molar-refractivity contribution in [2.75, 3.05) is 5.32 Å². The molecule has 4 heterocycles. The highest BCUT2D eigenvalue weighted by Crippen LogP contribution is 2.55. The second kappa shape index (κ2) is 9.97. The minimum Gasteiger partial charge on any atom is -0.359 e. The second-order valence-corrected chi connectivity index (χ2v) is 12.4. The predicted molar refractivity (Wildman–Crippen MR) is 147 cm³/mol. The normalized spacial score (nSPS) is 30.2. The molecule has 7 nitrogen and oxygen atoms in total. The predicted octanol–water partition coefficient (Wildman–Crippen LogP) is 4.61. The number of benzene rings is 1. The Labute approximate surface area is 227 Å². The molecule has 2 aromatic rings. The molecule has 1 aromatic carbocycles. The Morgan fingerprint density at radius 3 is 2.55 bits per heavy atom. The Bertz CT molecular complexity index is 1230. The summed E-state index contributed by atoms with van der Waals surface area (Å²) >= 11 is 1.55. The van der Waals surface area contributed by atoms with E-state index < -0.39 is 29.6 Å². The molecule has 2 bridgehead atoms. The molecule has 1 aromatic heterocycles. The van der Waals surface area contributed by atoms with Crippen LogP contribution < -0.4 is 10.6 Å². The van der Waals surface area contributed by atoms with Gasteiger partial charge in [-0.2, -0.15) is 0 Å². The van der Waals surface area contributed by atoms with Crippen LogP contribution in [0.15, 0.2) is 53.9 Å². The molecular formula is C30H35N3O4S. The molecule has 3 aliphatic heterocycles. The van der Waals surface area contributed by atoms with Gasteiger partial charge in [0.25, 0.3) is 0 Å². The van der Waals surface area contributed by atoms with Crippen molar-refractivity contribution in [3.63, 3.8) is 0 Å². The van der Waals surface area contributed by atoms with Crippen molar-refractivity contribution in [2.24, 2.45) is 11.8 Å². The summed E-state index contributed by atoms with van der Waals surface area (Å²) < 4.78 is 6.46. The van der Waals surface area contributed by atoms with Gasteiger partial charge in [-0.05, 0) is 47.9 Å². The number of likely N-dealkylation sites (tertiary alicyclic amines) is 1. The fourth-order valence-electron chi connectivity index (χ4n) is 6.71. The van der Waals surface area contributed by atoms with Gasteiger partial charge in [0.1, 0.15) is 11.6 Å². The van der Waals surface area contributed by atoms with E-state index in [2.05, 4.69) is 24.5 Å². The van der Waals surface area contributed by atoms with Gasteiger partial charge >= 0.3 is 0 Å². The molecule has 38 heavy (non-hydrogen) atoms. The Morgan fingerprint density at radius 2 is 1.87 bits per heavy atom. The van der Waals surface area contributed by atoms with Crippen LogP contribution in [0.25, 0.3) is 0 Å².